The summed E-state index contributed by atoms with van der Waals surface area (Å²) < 4.78 is 25.9. The number of carbonyl (C=O) groups is 2. The Morgan fingerprint density at radius 1 is 1.28 bits per heavy atom. The topological polar surface area (TPSA) is 78.4 Å². The predicted molar refractivity (Wildman–Crippen MR) is 60.5 cm³/mol. The zero-order chi connectivity index (χ0) is 13.7. The van der Waals surface area contributed by atoms with Crippen LogP contribution >= 0.6 is 0 Å². The standard InChI is InChI=1S/C11H12F2N2O3/c1-2-14-5-10(16)15-9-4-8(13)7(12)3-6(9)11(17)18/h3-4,14H,2,5H2,1H3,(H,15,16)(H,17,18). The van der Waals surface area contributed by atoms with Gasteiger partial charge in [0.25, 0.3) is 0 Å². The molecule has 0 unspecified atom stereocenters. The monoisotopic (exact) mass is 258 g/mol. The molecule has 1 aromatic rings. The second-order valence-corrected chi connectivity index (χ2v) is 3.45. The van der Waals surface area contributed by atoms with Crippen molar-refractivity contribution < 1.29 is 23.5 Å². The molecule has 0 heterocycles. The van der Waals surface area contributed by atoms with Gasteiger partial charge in [0, 0.05) is 6.07 Å². The number of hydrogen-bond donors (Lipinski definition) is 3. The molecule has 0 aliphatic carbocycles. The SMILES string of the molecule is CCNCC(=O)Nc1cc(F)c(F)cc1C(=O)O. The maximum atomic E-state index is 13.0. The predicted octanol–water partition coefficient (Wildman–Crippen LogP) is 1.21. The number of anilines is 1. The molecule has 0 radical (unpaired) electrons. The Labute approximate surface area is 102 Å². The van der Waals surface area contributed by atoms with Crippen LogP contribution in [0, 0.1) is 11.6 Å². The van der Waals surface area contributed by atoms with Gasteiger partial charge in [-0.3, -0.25) is 4.79 Å². The molecule has 0 atom stereocenters. The van der Waals surface area contributed by atoms with Gasteiger partial charge in [-0.15, -0.1) is 0 Å². The molecule has 0 fully saturated rings. The first kappa shape index (κ1) is 14.0. The fourth-order valence-electron chi connectivity index (χ4n) is 1.26. The number of aromatic carboxylic acids is 1. The van der Waals surface area contributed by atoms with Crippen LogP contribution < -0.4 is 10.6 Å². The van der Waals surface area contributed by atoms with Gasteiger partial charge in [0.1, 0.15) is 0 Å². The first-order chi connectivity index (χ1) is 8.45. The molecular weight excluding hydrogens is 246 g/mol. The minimum atomic E-state index is -1.45. The van der Waals surface area contributed by atoms with Crippen LogP contribution in [0.15, 0.2) is 12.1 Å². The highest BCUT2D eigenvalue weighted by atomic mass is 19.2. The van der Waals surface area contributed by atoms with Crippen LogP contribution in [0.2, 0.25) is 0 Å². The Balaban J connectivity index is 2.96. The van der Waals surface area contributed by atoms with Crippen molar-refractivity contribution in [2.24, 2.45) is 0 Å². The van der Waals surface area contributed by atoms with Crippen molar-refractivity contribution in [1.82, 2.24) is 5.32 Å². The van der Waals surface area contributed by atoms with Gasteiger partial charge in [-0.05, 0) is 12.6 Å². The summed E-state index contributed by atoms with van der Waals surface area (Å²) in [6.45, 7) is 2.29. The lowest BCUT2D eigenvalue weighted by Gasteiger charge is -2.09. The number of hydrogen-bond acceptors (Lipinski definition) is 3. The van der Waals surface area contributed by atoms with Crippen LogP contribution in [0.1, 0.15) is 17.3 Å². The quantitative estimate of drug-likeness (QED) is 0.741. The van der Waals surface area contributed by atoms with E-state index < -0.39 is 29.1 Å². The maximum Gasteiger partial charge on any atom is 0.337 e. The fraction of sp³-hybridized carbons (Fsp3) is 0.273. The summed E-state index contributed by atoms with van der Waals surface area (Å²) in [6.07, 6.45) is 0. The van der Waals surface area contributed by atoms with Gasteiger partial charge < -0.3 is 15.7 Å². The molecule has 0 saturated heterocycles. The van der Waals surface area contributed by atoms with Crippen molar-refractivity contribution in [3.63, 3.8) is 0 Å². The normalized spacial score (nSPS) is 10.2. The molecule has 3 N–H and O–H groups in total. The largest absolute Gasteiger partial charge is 0.478 e. The van der Waals surface area contributed by atoms with E-state index in [0.29, 0.717) is 18.7 Å². The molecule has 1 aromatic carbocycles. The lowest BCUT2D eigenvalue weighted by atomic mass is 10.1. The molecule has 0 bridgehead atoms. The van der Waals surface area contributed by atoms with Gasteiger partial charge in [0.2, 0.25) is 5.91 Å². The third kappa shape index (κ3) is 3.49. The van der Waals surface area contributed by atoms with Crippen molar-refractivity contribution in [2.45, 2.75) is 6.92 Å². The highest BCUT2D eigenvalue weighted by molar-refractivity contribution is 6.01. The highest BCUT2D eigenvalue weighted by Crippen LogP contribution is 2.20. The van der Waals surface area contributed by atoms with Gasteiger partial charge in [0.15, 0.2) is 11.6 Å². The first-order valence-electron chi connectivity index (χ1n) is 5.18. The summed E-state index contributed by atoms with van der Waals surface area (Å²) in [7, 11) is 0. The molecule has 7 heteroatoms. The van der Waals surface area contributed by atoms with E-state index in [9.17, 15) is 18.4 Å². The van der Waals surface area contributed by atoms with E-state index in [1.165, 1.54) is 0 Å². The van der Waals surface area contributed by atoms with E-state index in [1.54, 1.807) is 6.92 Å². The minimum Gasteiger partial charge on any atom is -0.478 e. The maximum absolute atomic E-state index is 13.0. The Bertz CT molecular complexity index is 478. The Morgan fingerprint density at radius 2 is 1.89 bits per heavy atom. The fourth-order valence-corrected chi connectivity index (χ4v) is 1.26. The number of carboxylic acids is 1. The zero-order valence-electron chi connectivity index (χ0n) is 9.59. The van der Waals surface area contributed by atoms with Crippen LogP contribution in [0.4, 0.5) is 14.5 Å². The van der Waals surface area contributed by atoms with Gasteiger partial charge in [-0.25, -0.2) is 13.6 Å². The van der Waals surface area contributed by atoms with Gasteiger partial charge in [-0.2, -0.15) is 0 Å². The number of amides is 1. The average molecular weight is 258 g/mol. The van der Waals surface area contributed by atoms with Crippen LogP contribution in [-0.2, 0) is 4.79 Å². The molecule has 1 rings (SSSR count). The second-order valence-electron chi connectivity index (χ2n) is 3.45. The Morgan fingerprint density at radius 3 is 2.44 bits per heavy atom. The van der Waals surface area contributed by atoms with E-state index in [1.807, 2.05) is 0 Å². The van der Waals surface area contributed by atoms with Crippen LogP contribution in [0.25, 0.3) is 0 Å². The molecule has 98 valence electrons. The smallest absolute Gasteiger partial charge is 0.337 e. The number of carbonyl (C=O) groups excluding carboxylic acids is 1. The highest BCUT2D eigenvalue weighted by Gasteiger charge is 2.16. The minimum absolute atomic E-state index is 0.0471. The summed E-state index contributed by atoms with van der Waals surface area (Å²) in [5, 5.41) is 13.7. The molecule has 0 aromatic heterocycles. The van der Waals surface area contributed by atoms with Crippen molar-refractivity contribution in [3.8, 4) is 0 Å². The Hall–Kier alpha value is -2.02. The summed E-state index contributed by atoms with van der Waals surface area (Å²) in [6, 6.07) is 1.17. The third-order valence-corrected chi connectivity index (χ3v) is 2.10. The summed E-state index contributed by atoms with van der Waals surface area (Å²) in [4.78, 5) is 22.2. The molecule has 0 spiro atoms. The van der Waals surface area contributed by atoms with E-state index in [0.717, 1.165) is 0 Å². The van der Waals surface area contributed by atoms with Gasteiger partial charge >= 0.3 is 5.97 Å². The molecule has 5 nitrogen and oxygen atoms in total. The lowest BCUT2D eigenvalue weighted by Crippen LogP contribution is -2.28. The molecule has 18 heavy (non-hydrogen) atoms. The lowest BCUT2D eigenvalue weighted by molar-refractivity contribution is -0.115. The number of carboxylic acid groups (broad SMARTS) is 1. The number of rotatable bonds is 5. The van der Waals surface area contributed by atoms with Crippen LogP contribution in [-0.4, -0.2) is 30.1 Å². The van der Waals surface area contributed by atoms with Crippen molar-refractivity contribution >= 4 is 17.6 Å². The van der Waals surface area contributed by atoms with Crippen LogP contribution in [0.3, 0.4) is 0 Å². The summed E-state index contributed by atoms with van der Waals surface area (Å²) in [5.41, 5.74) is -0.775. The molecule has 0 aliphatic rings. The Kier molecular flexibility index (Phi) is 4.73. The number of likely N-dealkylation sites (N-methyl/N-ethyl adjacent to an activating group) is 1. The number of benzene rings is 1. The van der Waals surface area contributed by atoms with Gasteiger partial charge in [0.05, 0.1) is 17.8 Å². The molecule has 0 saturated carbocycles. The molecular formula is C11H12F2N2O3. The number of nitrogens with one attached hydrogen (secondary N) is 2. The summed E-state index contributed by atoms with van der Waals surface area (Å²) in [5.74, 6) is -4.49. The first-order valence-corrected chi connectivity index (χ1v) is 5.18. The third-order valence-electron chi connectivity index (χ3n) is 2.10. The number of halogens is 2. The van der Waals surface area contributed by atoms with Crippen molar-refractivity contribution in [1.29, 1.82) is 0 Å². The average Bonchev–Trinajstić information content (AvgIpc) is 2.30. The van der Waals surface area contributed by atoms with Gasteiger partial charge in [-0.1, -0.05) is 6.92 Å². The van der Waals surface area contributed by atoms with Crippen molar-refractivity contribution in [3.05, 3.63) is 29.3 Å². The van der Waals surface area contributed by atoms with E-state index in [2.05, 4.69) is 10.6 Å². The summed E-state index contributed by atoms with van der Waals surface area (Å²) >= 11 is 0. The van der Waals surface area contributed by atoms with E-state index in [4.69, 9.17) is 5.11 Å². The molecule has 0 aliphatic heterocycles. The zero-order valence-corrected chi connectivity index (χ0v) is 9.59. The second kappa shape index (κ2) is 6.06. The van der Waals surface area contributed by atoms with E-state index in [-0.39, 0.29) is 12.2 Å². The molecule has 1 amide bonds. The van der Waals surface area contributed by atoms with E-state index >= 15 is 0 Å². The van der Waals surface area contributed by atoms with Crippen molar-refractivity contribution in [2.75, 3.05) is 18.4 Å². The van der Waals surface area contributed by atoms with Crippen LogP contribution in [0.5, 0.6) is 0 Å².